The summed E-state index contributed by atoms with van der Waals surface area (Å²) in [6.45, 7) is 1.75. The highest BCUT2D eigenvalue weighted by molar-refractivity contribution is 9.11. The molecule has 0 N–H and O–H groups in total. The van der Waals surface area contributed by atoms with Gasteiger partial charge in [-0.15, -0.1) is 11.3 Å². The fraction of sp³-hybridized carbons (Fsp3) is 0.462. The first kappa shape index (κ1) is 17.6. The molecule has 0 radical (unpaired) electrons. The van der Waals surface area contributed by atoms with E-state index in [1.807, 2.05) is 0 Å². The van der Waals surface area contributed by atoms with Crippen LogP contribution in [0.25, 0.3) is 0 Å². The second-order valence-corrected chi connectivity index (χ2v) is 6.78. The molecule has 116 valence electrons. The van der Waals surface area contributed by atoms with Crippen LogP contribution < -0.4 is 0 Å². The van der Waals surface area contributed by atoms with Crippen molar-refractivity contribution in [2.24, 2.45) is 0 Å². The van der Waals surface area contributed by atoms with Crippen LogP contribution in [0.5, 0.6) is 0 Å². The molecule has 0 aliphatic carbocycles. The van der Waals surface area contributed by atoms with Crippen LogP contribution >= 0.6 is 27.3 Å². The SMILES string of the molecule is CCOC(=O)CN(C)C(=O)CN(C)C(=O)c1ccc(Br)s1. The number of likely N-dealkylation sites (N-methyl/N-ethyl adjacent to an activating group) is 2. The van der Waals surface area contributed by atoms with E-state index in [0.717, 1.165) is 3.79 Å². The molecular weight excluding hydrogens is 360 g/mol. The van der Waals surface area contributed by atoms with Crippen molar-refractivity contribution >= 4 is 45.1 Å². The Labute approximate surface area is 135 Å². The van der Waals surface area contributed by atoms with Gasteiger partial charge in [-0.25, -0.2) is 0 Å². The van der Waals surface area contributed by atoms with Gasteiger partial charge >= 0.3 is 5.97 Å². The van der Waals surface area contributed by atoms with Crippen molar-refractivity contribution in [3.8, 4) is 0 Å². The van der Waals surface area contributed by atoms with E-state index in [9.17, 15) is 14.4 Å². The third-order valence-corrected chi connectivity index (χ3v) is 4.21. The minimum Gasteiger partial charge on any atom is -0.465 e. The molecule has 1 heterocycles. The highest BCUT2D eigenvalue weighted by Crippen LogP contribution is 2.22. The number of halogens is 1. The summed E-state index contributed by atoms with van der Waals surface area (Å²) in [5.41, 5.74) is 0. The molecule has 0 unspecified atom stereocenters. The van der Waals surface area contributed by atoms with Gasteiger partial charge in [0.2, 0.25) is 5.91 Å². The number of rotatable bonds is 6. The van der Waals surface area contributed by atoms with Gasteiger partial charge in [-0.1, -0.05) is 0 Å². The summed E-state index contributed by atoms with van der Waals surface area (Å²) in [5.74, 6) is -1.03. The van der Waals surface area contributed by atoms with Crippen molar-refractivity contribution in [2.75, 3.05) is 33.8 Å². The number of esters is 1. The van der Waals surface area contributed by atoms with Gasteiger partial charge in [-0.3, -0.25) is 14.4 Å². The highest BCUT2D eigenvalue weighted by Gasteiger charge is 2.20. The van der Waals surface area contributed by atoms with Gasteiger partial charge in [0.25, 0.3) is 5.91 Å². The summed E-state index contributed by atoms with van der Waals surface area (Å²) in [5, 5.41) is 0. The molecule has 8 heteroatoms. The van der Waals surface area contributed by atoms with E-state index in [0.29, 0.717) is 4.88 Å². The van der Waals surface area contributed by atoms with Crippen LogP contribution in [0.15, 0.2) is 15.9 Å². The molecule has 0 saturated carbocycles. The van der Waals surface area contributed by atoms with E-state index in [4.69, 9.17) is 4.74 Å². The lowest BCUT2D eigenvalue weighted by Gasteiger charge is -2.21. The maximum Gasteiger partial charge on any atom is 0.325 e. The summed E-state index contributed by atoms with van der Waals surface area (Å²) in [7, 11) is 3.05. The van der Waals surface area contributed by atoms with E-state index in [1.54, 1.807) is 26.1 Å². The van der Waals surface area contributed by atoms with Gasteiger partial charge in [-0.2, -0.15) is 0 Å². The molecule has 0 fully saturated rings. The average Bonchev–Trinajstić information content (AvgIpc) is 2.84. The lowest BCUT2D eigenvalue weighted by atomic mass is 10.4. The van der Waals surface area contributed by atoms with Crippen LogP contribution in [0.1, 0.15) is 16.6 Å². The summed E-state index contributed by atoms with van der Waals surface area (Å²) in [4.78, 5) is 38.5. The molecule has 0 atom stereocenters. The molecule has 0 saturated heterocycles. The van der Waals surface area contributed by atoms with Crippen LogP contribution in [0.2, 0.25) is 0 Å². The molecule has 0 spiro atoms. The predicted octanol–water partition coefficient (Wildman–Crippen LogP) is 1.60. The van der Waals surface area contributed by atoms with Gasteiger partial charge in [0.15, 0.2) is 0 Å². The van der Waals surface area contributed by atoms with Gasteiger partial charge in [0.1, 0.15) is 6.54 Å². The molecule has 1 aromatic heterocycles. The zero-order valence-corrected chi connectivity index (χ0v) is 14.5. The lowest BCUT2D eigenvalue weighted by Crippen LogP contribution is -2.41. The minimum absolute atomic E-state index is 0.0930. The summed E-state index contributed by atoms with van der Waals surface area (Å²) in [6.07, 6.45) is 0. The standard InChI is InChI=1S/C13H17BrN2O4S/c1-4-20-12(18)8-15(2)11(17)7-16(3)13(19)9-5-6-10(14)21-9/h5-6H,4,7-8H2,1-3H3. The van der Waals surface area contributed by atoms with E-state index in [1.165, 1.54) is 28.2 Å². The molecule has 0 bridgehead atoms. The monoisotopic (exact) mass is 376 g/mol. The third kappa shape index (κ3) is 5.47. The first-order valence-corrected chi connectivity index (χ1v) is 7.86. The molecule has 0 aliphatic rings. The smallest absolute Gasteiger partial charge is 0.325 e. The Hall–Kier alpha value is -1.41. The summed E-state index contributed by atoms with van der Waals surface area (Å²) in [6, 6.07) is 3.47. The normalized spacial score (nSPS) is 10.1. The Morgan fingerprint density at radius 3 is 2.38 bits per heavy atom. The van der Waals surface area contributed by atoms with Gasteiger partial charge < -0.3 is 14.5 Å². The maximum absolute atomic E-state index is 12.1. The Morgan fingerprint density at radius 1 is 1.19 bits per heavy atom. The molecule has 2 amide bonds. The largest absolute Gasteiger partial charge is 0.465 e. The lowest BCUT2D eigenvalue weighted by molar-refractivity contribution is -0.148. The van der Waals surface area contributed by atoms with Gasteiger partial charge in [0, 0.05) is 14.1 Å². The molecule has 0 aromatic carbocycles. The van der Waals surface area contributed by atoms with Crippen molar-refractivity contribution in [2.45, 2.75) is 6.92 Å². The van der Waals surface area contributed by atoms with Crippen molar-refractivity contribution in [1.29, 1.82) is 0 Å². The van der Waals surface area contributed by atoms with Crippen LogP contribution in [-0.4, -0.2) is 61.4 Å². The summed E-state index contributed by atoms with van der Waals surface area (Å²) < 4.78 is 5.62. The first-order chi connectivity index (χ1) is 9.85. The number of thiophene rings is 1. The zero-order chi connectivity index (χ0) is 16.0. The highest BCUT2D eigenvalue weighted by atomic mass is 79.9. The van der Waals surface area contributed by atoms with E-state index >= 15 is 0 Å². The van der Waals surface area contributed by atoms with Crippen molar-refractivity contribution in [3.05, 3.63) is 20.8 Å². The third-order valence-electron chi connectivity index (χ3n) is 2.60. The Bertz CT molecular complexity index is 532. The zero-order valence-electron chi connectivity index (χ0n) is 12.1. The van der Waals surface area contributed by atoms with E-state index < -0.39 is 5.97 Å². The maximum atomic E-state index is 12.1. The van der Waals surface area contributed by atoms with Crippen LogP contribution in [0, 0.1) is 0 Å². The van der Waals surface area contributed by atoms with Crippen LogP contribution in [0.4, 0.5) is 0 Å². The summed E-state index contributed by atoms with van der Waals surface area (Å²) >= 11 is 4.59. The van der Waals surface area contributed by atoms with Gasteiger partial charge in [-0.05, 0) is 35.0 Å². The van der Waals surface area contributed by atoms with Crippen molar-refractivity contribution in [1.82, 2.24) is 9.80 Å². The fourth-order valence-electron chi connectivity index (χ4n) is 1.50. The Kier molecular flexibility index (Phi) is 6.83. The Balaban J connectivity index is 2.53. The molecule has 0 aliphatic heterocycles. The molecule has 1 aromatic rings. The van der Waals surface area contributed by atoms with Gasteiger partial charge in [0.05, 0.1) is 21.8 Å². The van der Waals surface area contributed by atoms with Crippen LogP contribution in [-0.2, 0) is 14.3 Å². The number of carbonyl (C=O) groups excluding carboxylic acids is 3. The predicted molar refractivity (Wildman–Crippen MR) is 83.2 cm³/mol. The molecule has 6 nitrogen and oxygen atoms in total. The number of hydrogen-bond donors (Lipinski definition) is 0. The Morgan fingerprint density at radius 2 is 1.86 bits per heavy atom. The number of amides is 2. The van der Waals surface area contributed by atoms with E-state index in [2.05, 4.69) is 15.9 Å². The molecule has 1 rings (SSSR count). The number of ether oxygens (including phenoxy) is 1. The topological polar surface area (TPSA) is 66.9 Å². The molecule has 21 heavy (non-hydrogen) atoms. The second-order valence-electron chi connectivity index (χ2n) is 4.32. The number of carbonyl (C=O) groups is 3. The second kappa shape index (κ2) is 8.14. The number of nitrogens with zero attached hydrogens (tertiary/aromatic N) is 2. The first-order valence-electron chi connectivity index (χ1n) is 6.25. The van der Waals surface area contributed by atoms with Crippen LogP contribution in [0.3, 0.4) is 0 Å². The van der Waals surface area contributed by atoms with Crippen molar-refractivity contribution < 1.29 is 19.1 Å². The average molecular weight is 377 g/mol. The number of hydrogen-bond acceptors (Lipinski definition) is 5. The minimum atomic E-state index is -0.468. The van der Waals surface area contributed by atoms with E-state index in [-0.39, 0.29) is 31.5 Å². The molecular formula is C13H17BrN2O4S. The quantitative estimate of drug-likeness (QED) is 0.707. The van der Waals surface area contributed by atoms with Crippen molar-refractivity contribution in [3.63, 3.8) is 0 Å². The fourth-order valence-corrected chi connectivity index (χ4v) is 2.88.